The summed E-state index contributed by atoms with van der Waals surface area (Å²) in [7, 11) is 0. The third-order valence-electron chi connectivity index (χ3n) is 6.96. The fourth-order valence-electron chi connectivity index (χ4n) is 5.55. The molecule has 0 N–H and O–H groups in total. The fraction of sp³-hybridized carbons (Fsp3) is 0.571. The van der Waals surface area contributed by atoms with Gasteiger partial charge in [0.2, 0.25) is 11.8 Å². The van der Waals surface area contributed by atoms with E-state index in [2.05, 4.69) is 0 Å². The molecule has 4 atom stereocenters. The zero-order valence-corrected chi connectivity index (χ0v) is 15.5. The molecule has 2 heterocycles. The lowest BCUT2D eigenvalue weighted by atomic mass is 9.84. The van der Waals surface area contributed by atoms with Crippen LogP contribution >= 0.6 is 0 Å². The number of carbonyl (C=O) groups is 3. The first-order chi connectivity index (χ1) is 13.0. The minimum Gasteiger partial charge on any atom is -0.486 e. The lowest BCUT2D eigenvalue weighted by Crippen LogP contribution is -2.51. The van der Waals surface area contributed by atoms with Gasteiger partial charge in [0.25, 0.3) is 0 Å². The van der Waals surface area contributed by atoms with Gasteiger partial charge in [-0.25, -0.2) is 0 Å². The number of nitrogens with zero attached hydrogens (tertiary/aromatic N) is 2. The smallest absolute Gasteiger partial charge is 0.226 e. The van der Waals surface area contributed by atoms with E-state index in [9.17, 15) is 14.4 Å². The second-order valence-corrected chi connectivity index (χ2v) is 8.35. The molecule has 0 aromatic heterocycles. The van der Waals surface area contributed by atoms with Crippen LogP contribution in [0.5, 0.6) is 5.75 Å². The van der Waals surface area contributed by atoms with Gasteiger partial charge in [-0.05, 0) is 30.9 Å². The van der Waals surface area contributed by atoms with Crippen LogP contribution in [-0.4, -0.2) is 59.2 Å². The van der Waals surface area contributed by atoms with Gasteiger partial charge in [-0.15, -0.1) is 0 Å². The predicted molar refractivity (Wildman–Crippen MR) is 97.3 cm³/mol. The standard InChI is InChI=1S/C21H24N2O4/c1-13(24)22-8-10-23(11-9-22)20(26)18-15-6-7-21(19(15)18)12-16(25)14-4-2-3-5-17(14)27-21/h2-5,15,18-19H,6-12H2,1H3/t15-,18+,19-,21-/m0/s1. The molecule has 0 bridgehead atoms. The average Bonchev–Trinajstić information content (AvgIpc) is 3.32. The molecule has 27 heavy (non-hydrogen) atoms. The summed E-state index contributed by atoms with van der Waals surface area (Å²) in [5, 5.41) is 0. The number of piperazine rings is 1. The molecule has 1 spiro atoms. The van der Waals surface area contributed by atoms with E-state index in [1.54, 1.807) is 11.8 Å². The Labute approximate surface area is 158 Å². The largest absolute Gasteiger partial charge is 0.486 e. The predicted octanol–water partition coefficient (Wildman–Crippen LogP) is 1.74. The maximum Gasteiger partial charge on any atom is 0.226 e. The maximum absolute atomic E-state index is 13.1. The van der Waals surface area contributed by atoms with Crippen LogP contribution < -0.4 is 4.74 Å². The topological polar surface area (TPSA) is 66.9 Å². The van der Waals surface area contributed by atoms with Crippen molar-refractivity contribution in [3.05, 3.63) is 29.8 Å². The van der Waals surface area contributed by atoms with Gasteiger partial charge in [0.1, 0.15) is 11.4 Å². The summed E-state index contributed by atoms with van der Waals surface area (Å²) in [4.78, 5) is 40.9. The van der Waals surface area contributed by atoms with Crippen molar-refractivity contribution >= 4 is 17.6 Å². The highest BCUT2D eigenvalue weighted by Crippen LogP contribution is 2.66. The first-order valence-corrected chi connectivity index (χ1v) is 9.86. The molecule has 1 aromatic rings. The lowest BCUT2D eigenvalue weighted by molar-refractivity contribution is -0.140. The van der Waals surface area contributed by atoms with E-state index < -0.39 is 5.60 Å². The Balaban J connectivity index is 1.31. The number of hydrogen-bond donors (Lipinski definition) is 0. The minimum absolute atomic E-state index is 0.0271. The molecule has 0 unspecified atom stereocenters. The first kappa shape index (κ1) is 16.8. The van der Waals surface area contributed by atoms with E-state index in [0.717, 1.165) is 12.8 Å². The van der Waals surface area contributed by atoms with Crippen LogP contribution in [0.2, 0.25) is 0 Å². The number of fused-ring (bicyclic) bond motifs is 3. The lowest BCUT2D eigenvalue weighted by Gasteiger charge is -2.38. The van der Waals surface area contributed by atoms with Gasteiger partial charge < -0.3 is 14.5 Å². The first-order valence-electron chi connectivity index (χ1n) is 9.86. The van der Waals surface area contributed by atoms with Crippen molar-refractivity contribution in [1.29, 1.82) is 0 Å². The Hall–Kier alpha value is -2.37. The normalized spacial score (nSPS) is 34.1. The van der Waals surface area contributed by atoms with Gasteiger partial charge in [0.15, 0.2) is 5.78 Å². The molecule has 2 amide bonds. The van der Waals surface area contributed by atoms with Gasteiger partial charge in [0, 0.05) is 44.9 Å². The zero-order chi connectivity index (χ0) is 18.8. The molecule has 6 heteroatoms. The van der Waals surface area contributed by atoms with E-state index in [0.29, 0.717) is 49.8 Å². The Morgan fingerprint density at radius 3 is 2.56 bits per heavy atom. The summed E-state index contributed by atoms with van der Waals surface area (Å²) in [5.74, 6) is 1.50. The molecule has 2 aliphatic carbocycles. The Bertz CT molecular complexity index is 829. The van der Waals surface area contributed by atoms with E-state index in [1.165, 1.54) is 0 Å². The molecule has 4 aliphatic rings. The molecule has 142 valence electrons. The van der Waals surface area contributed by atoms with Crippen molar-refractivity contribution in [3.8, 4) is 5.75 Å². The number of amides is 2. The Morgan fingerprint density at radius 2 is 1.81 bits per heavy atom. The third kappa shape index (κ3) is 2.49. The summed E-state index contributed by atoms with van der Waals surface area (Å²) in [6.45, 7) is 3.99. The number of rotatable bonds is 1. The van der Waals surface area contributed by atoms with Crippen LogP contribution in [0.15, 0.2) is 24.3 Å². The van der Waals surface area contributed by atoms with Crippen molar-refractivity contribution in [3.63, 3.8) is 0 Å². The molecule has 2 saturated carbocycles. The van der Waals surface area contributed by atoms with Crippen molar-refractivity contribution in [2.45, 2.75) is 31.8 Å². The molecule has 3 fully saturated rings. The SMILES string of the molecule is CC(=O)N1CCN(C(=O)[C@@H]2[C@@H]3CC[C@]4(CC(=O)c5ccccc5O4)[C@@H]32)CC1. The molecule has 2 aliphatic heterocycles. The summed E-state index contributed by atoms with van der Waals surface area (Å²) >= 11 is 0. The third-order valence-corrected chi connectivity index (χ3v) is 6.96. The quantitative estimate of drug-likeness (QED) is 0.757. The second-order valence-electron chi connectivity index (χ2n) is 8.35. The minimum atomic E-state index is -0.502. The maximum atomic E-state index is 13.1. The van der Waals surface area contributed by atoms with Gasteiger partial charge in [-0.3, -0.25) is 14.4 Å². The second kappa shape index (κ2) is 5.81. The monoisotopic (exact) mass is 368 g/mol. The fourth-order valence-corrected chi connectivity index (χ4v) is 5.55. The highest BCUT2D eigenvalue weighted by atomic mass is 16.5. The molecule has 0 radical (unpaired) electrons. The Morgan fingerprint density at radius 1 is 1.11 bits per heavy atom. The van der Waals surface area contributed by atoms with E-state index in [4.69, 9.17) is 4.74 Å². The zero-order valence-electron chi connectivity index (χ0n) is 15.5. The van der Waals surface area contributed by atoms with Crippen LogP contribution in [0, 0.1) is 17.8 Å². The van der Waals surface area contributed by atoms with Gasteiger partial charge in [0.05, 0.1) is 12.0 Å². The number of benzene rings is 1. The van der Waals surface area contributed by atoms with Crippen molar-refractivity contribution in [2.24, 2.45) is 17.8 Å². The van der Waals surface area contributed by atoms with Crippen LogP contribution in [0.25, 0.3) is 0 Å². The summed E-state index contributed by atoms with van der Waals surface area (Å²) in [6, 6.07) is 7.43. The summed E-state index contributed by atoms with van der Waals surface area (Å²) < 4.78 is 6.38. The van der Waals surface area contributed by atoms with Gasteiger partial charge in [-0.2, -0.15) is 0 Å². The van der Waals surface area contributed by atoms with Crippen molar-refractivity contribution in [2.75, 3.05) is 26.2 Å². The van der Waals surface area contributed by atoms with Crippen molar-refractivity contribution in [1.82, 2.24) is 9.80 Å². The van der Waals surface area contributed by atoms with Crippen molar-refractivity contribution < 1.29 is 19.1 Å². The molecule has 1 saturated heterocycles. The number of carbonyl (C=O) groups excluding carboxylic acids is 3. The van der Waals surface area contributed by atoms with Crippen LogP contribution in [0.4, 0.5) is 0 Å². The average molecular weight is 368 g/mol. The molecular weight excluding hydrogens is 344 g/mol. The highest BCUT2D eigenvalue weighted by Gasteiger charge is 2.71. The van der Waals surface area contributed by atoms with Crippen LogP contribution in [0.1, 0.15) is 36.5 Å². The number of ketones is 1. The number of ether oxygens (including phenoxy) is 1. The van der Waals surface area contributed by atoms with E-state index in [-0.39, 0.29) is 29.4 Å². The van der Waals surface area contributed by atoms with Gasteiger partial charge >= 0.3 is 0 Å². The summed E-state index contributed by atoms with van der Waals surface area (Å²) in [5.41, 5.74) is 0.160. The molecule has 1 aromatic carbocycles. The molecule has 6 nitrogen and oxygen atoms in total. The Kier molecular flexibility index (Phi) is 3.61. The number of para-hydroxylation sites is 1. The molecular formula is C21H24N2O4. The number of hydrogen-bond acceptors (Lipinski definition) is 4. The summed E-state index contributed by atoms with van der Waals surface area (Å²) in [6.07, 6.45) is 2.18. The molecule has 5 rings (SSSR count). The van der Waals surface area contributed by atoms with Gasteiger partial charge in [-0.1, -0.05) is 12.1 Å². The van der Waals surface area contributed by atoms with Crippen LogP contribution in [-0.2, 0) is 9.59 Å². The number of Topliss-reactive ketones (excluding diaryl/α,β-unsaturated/α-hetero) is 1. The van der Waals surface area contributed by atoms with E-state index in [1.807, 2.05) is 29.2 Å². The highest BCUT2D eigenvalue weighted by molar-refractivity contribution is 6.00. The van der Waals surface area contributed by atoms with Crippen LogP contribution in [0.3, 0.4) is 0 Å². The van der Waals surface area contributed by atoms with E-state index >= 15 is 0 Å².